The summed E-state index contributed by atoms with van der Waals surface area (Å²) in [5.41, 5.74) is 2.15. The van der Waals surface area contributed by atoms with Crippen LogP contribution in [0, 0.1) is 6.92 Å². The molecule has 3 aromatic carbocycles. The molecule has 1 atom stereocenters. The zero-order chi connectivity index (χ0) is 30.1. The van der Waals surface area contributed by atoms with Gasteiger partial charge < -0.3 is 10.2 Å². The van der Waals surface area contributed by atoms with Crippen LogP contribution in [0.3, 0.4) is 0 Å². The minimum absolute atomic E-state index is 0.0286. The lowest BCUT2D eigenvalue weighted by Crippen LogP contribution is -2.54. The van der Waals surface area contributed by atoms with Gasteiger partial charge in [-0.25, -0.2) is 8.42 Å². The molecule has 0 spiro atoms. The molecule has 4 rings (SSSR count). The first-order chi connectivity index (χ1) is 20.2. The number of carbonyl (C=O) groups is 2. The van der Waals surface area contributed by atoms with Gasteiger partial charge in [0.15, 0.2) is 0 Å². The first kappa shape index (κ1) is 31.6. The number of nitrogens with one attached hydrogen (secondary N) is 1. The fourth-order valence-corrected chi connectivity index (χ4v) is 7.14. The molecule has 0 radical (unpaired) electrons. The smallest absolute Gasteiger partial charge is 0.264 e. The van der Waals surface area contributed by atoms with E-state index in [0.717, 1.165) is 35.6 Å². The summed E-state index contributed by atoms with van der Waals surface area (Å²) >= 11 is 6.04. The van der Waals surface area contributed by atoms with Crippen LogP contribution in [0.1, 0.15) is 56.6 Å². The van der Waals surface area contributed by atoms with Crippen molar-refractivity contribution in [3.63, 3.8) is 0 Å². The van der Waals surface area contributed by atoms with E-state index in [-0.39, 0.29) is 23.4 Å². The van der Waals surface area contributed by atoms with Crippen LogP contribution in [-0.4, -0.2) is 50.3 Å². The predicted octanol–water partition coefficient (Wildman–Crippen LogP) is 6.14. The molecule has 224 valence electrons. The lowest BCUT2D eigenvalue weighted by Gasteiger charge is -2.34. The van der Waals surface area contributed by atoms with Crippen LogP contribution in [0.25, 0.3) is 0 Å². The van der Waals surface area contributed by atoms with Crippen molar-refractivity contribution in [1.29, 1.82) is 0 Å². The molecule has 1 fully saturated rings. The molecule has 1 aliphatic rings. The Morgan fingerprint density at radius 3 is 2.21 bits per heavy atom. The number of anilines is 1. The molecule has 0 bridgehead atoms. The van der Waals surface area contributed by atoms with Crippen LogP contribution in [0.5, 0.6) is 0 Å². The highest BCUT2D eigenvalue weighted by Crippen LogP contribution is 2.28. The van der Waals surface area contributed by atoms with E-state index < -0.39 is 28.5 Å². The highest BCUT2D eigenvalue weighted by atomic mass is 35.5. The van der Waals surface area contributed by atoms with Gasteiger partial charge in [0.1, 0.15) is 12.6 Å². The van der Waals surface area contributed by atoms with Crippen molar-refractivity contribution in [2.24, 2.45) is 0 Å². The third-order valence-corrected chi connectivity index (χ3v) is 9.91. The van der Waals surface area contributed by atoms with Crippen molar-refractivity contribution in [3.05, 3.63) is 95.0 Å². The Kier molecular flexibility index (Phi) is 11.0. The Morgan fingerprint density at radius 1 is 0.929 bits per heavy atom. The number of para-hydroxylation sites is 1. The van der Waals surface area contributed by atoms with E-state index in [1.54, 1.807) is 17.0 Å². The average molecular weight is 610 g/mol. The molecule has 0 aliphatic heterocycles. The predicted molar refractivity (Wildman–Crippen MR) is 168 cm³/mol. The summed E-state index contributed by atoms with van der Waals surface area (Å²) in [7, 11) is -4.14. The summed E-state index contributed by atoms with van der Waals surface area (Å²) in [5.74, 6) is -0.619. The molecule has 2 amide bonds. The molecule has 1 aliphatic carbocycles. The number of hydrogen-bond acceptors (Lipinski definition) is 4. The van der Waals surface area contributed by atoms with Gasteiger partial charge in [-0.15, -0.1) is 0 Å². The van der Waals surface area contributed by atoms with Crippen LogP contribution in [-0.2, 0) is 26.0 Å². The Bertz CT molecular complexity index is 1440. The molecule has 1 N–H and O–H groups in total. The van der Waals surface area contributed by atoms with Gasteiger partial charge in [-0.05, 0) is 74.1 Å². The lowest BCUT2D eigenvalue weighted by atomic mass is 9.95. The second-order valence-corrected chi connectivity index (χ2v) is 13.1. The molecule has 0 saturated heterocycles. The highest BCUT2D eigenvalue weighted by Gasteiger charge is 2.34. The van der Waals surface area contributed by atoms with E-state index >= 15 is 0 Å². The van der Waals surface area contributed by atoms with Gasteiger partial charge in [-0.1, -0.05) is 86.3 Å². The Balaban J connectivity index is 1.67. The molecule has 0 heterocycles. The van der Waals surface area contributed by atoms with Crippen molar-refractivity contribution in [2.75, 3.05) is 17.4 Å². The van der Waals surface area contributed by atoms with Crippen LogP contribution in [0.15, 0.2) is 83.8 Å². The number of benzene rings is 3. The first-order valence-electron chi connectivity index (χ1n) is 14.7. The molecule has 1 saturated carbocycles. The maximum Gasteiger partial charge on any atom is 0.264 e. The number of aryl methyl sites for hydroxylation is 1. The summed E-state index contributed by atoms with van der Waals surface area (Å²) in [6.07, 6.45) is 6.13. The molecular formula is C33H40ClN3O4S. The maximum atomic E-state index is 14.2. The Hall–Kier alpha value is -3.36. The van der Waals surface area contributed by atoms with Gasteiger partial charge in [-0.3, -0.25) is 13.9 Å². The SMILES string of the molecule is CCC(C(=O)NC1CCCCC1)N(CCc1ccccc1)C(=O)CN(c1ccccc1C)S(=O)(=O)c1ccc(Cl)cc1. The summed E-state index contributed by atoms with van der Waals surface area (Å²) in [4.78, 5) is 29.4. The average Bonchev–Trinajstić information content (AvgIpc) is 2.99. The summed E-state index contributed by atoms with van der Waals surface area (Å²) in [6, 6.07) is 22.1. The van der Waals surface area contributed by atoms with E-state index in [1.165, 1.54) is 30.7 Å². The topological polar surface area (TPSA) is 86.8 Å². The standard InChI is InChI=1S/C33H40ClN3O4S/c1-3-30(33(39)35-28-15-8-5-9-16-28)36(23-22-26-13-6-4-7-14-26)32(38)24-37(31-17-11-10-12-25(31)2)42(40,41)29-20-18-27(34)19-21-29/h4,6-7,10-14,17-21,28,30H,3,5,8-9,15-16,22-24H2,1-2H3,(H,35,39). The van der Waals surface area contributed by atoms with Crippen LogP contribution < -0.4 is 9.62 Å². The number of nitrogens with zero attached hydrogens (tertiary/aromatic N) is 2. The van der Waals surface area contributed by atoms with E-state index in [0.29, 0.717) is 29.1 Å². The van der Waals surface area contributed by atoms with E-state index in [4.69, 9.17) is 11.6 Å². The fraction of sp³-hybridized carbons (Fsp3) is 0.394. The molecule has 3 aromatic rings. The summed E-state index contributed by atoms with van der Waals surface area (Å²) in [6.45, 7) is 3.53. The van der Waals surface area contributed by atoms with E-state index in [9.17, 15) is 18.0 Å². The first-order valence-corrected chi connectivity index (χ1v) is 16.5. The van der Waals surface area contributed by atoms with Gasteiger partial charge in [0.2, 0.25) is 11.8 Å². The maximum absolute atomic E-state index is 14.2. The van der Waals surface area contributed by atoms with Gasteiger partial charge in [-0.2, -0.15) is 0 Å². The van der Waals surface area contributed by atoms with Gasteiger partial charge in [0, 0.05) is 17.6 Å². The normalized spacial score (nSPS) is 14.6. The Labute approximate surface area is 254 Å². The molecule has 42 heavy (non-hydrogen) atoms. The minimum atomic E-state index is -4.14. The van der Waals surface area contributed by atoms with Crippen molar-refractivity contribution in [3.8, 4) is 0 Å². The summed E-state index contributed by atoms with van der Waals surface area (Å²) in [5, 5.41) is 3.59. The van der Waals surface area contributed by atoms with Crippen molar-refractivity contribution in [2.45, 2.75) is 75.8 Å². The minimum Gasteiger partial charge on any atom is -0.352 e. The summed E-state index contributed by atoms with van der Waals surface area (Å²) < 4.78 is 29.2. The number of rotatable bonds is 12. The second-order valence-electron chi connectivity index (χ2n) is 10.8. The molecule has 1 unspecified atom stereocenters. The van der Waals surface area contributed by atoms with E-state index in [2.05, 4.69) is 5.32 Å². The molecule has 0 aromatic heterocycles. The third kappa shape index (κ3) is 7.92. The lowest BCUT2D eigenvalue weighted by molar-refractivity contribution is -0.140. The quantitative estimate of drug-likeness (QED) is 0.267. The molecule has 9 heteroatoms. The Morgan fingerprint density at radius 2 is 1.57 bits per heavy atom. The highest BCUT2D eigenvalue weighted by molar-refractivity contribution is 7.92. The van der Waals surface area contributed by atoms with Gasteiger partial charge >= 0.3 is 0 Å². The van der Waals surface area contributed by atoms with Gasteiger partial charge in [0.05, 0.1) is 10.6 Å². The second kappa shape index (κ2) is 14.7. The molecular weight excluding hydrogens is 570 g/mol. The fourth-order valence-electron chi connectivity index (χ4n) is 5.53. The monoisotopic (exact) mass is 609 g/mol. The van der Waals surface area contributed by atoms with Crippen LogP contribution in [0.2, 0.25) is 5.02 Å². The number of sulfonamides is 1. The molecule has 7 nitrogen and oxygen atoms in total. The number of halogens is 1. The van der Waals surface area contributed by atoms with Crippen molar-refractivity contribution < 1.29 is 18.0 Å². The zero-order valence-corrected chi connectivity index (χ0v) is 25.9. The van der Waals surface area contributed by atoms with Crippen LogP contribution >= 0.6 is 11.6 Å². The third-order valence-electron chi connectivity index (χ3n) is 7.89. The zero-order valence-electron chi connectivity index (χ0n) is 24.3. The number of hydrogen-bond donors (Lipinski definition) is 1. The largest absolute Gasteiger partial charge is 0.352 e. The number of amides is 2. The van der Waals surface area contributed by atoms with Gasteiger partial charge in [0.25, 0.3) is 10.0 Å². The van der Waals surface area contributed by atoms with Crippen LogP contribution in [0.4, 0.5) is 5.69 Å². The number of carbonyl (C=O) groups excluding carboxylic acids is 2. The van der Waals surface area contributed by atoms with Crippen molar-refractivity contribution in [1.82, 2.24) is 10.2 Å². The van der Waals surface area contributed by atoms with E-state index in [1.807, 2.05) is 56.3 Å². The van der Waals surface area contributed by atoms with Crippen molar-refractivity contribution >= 4 is 39.1 Å².